The van der Waals surface area contributed by atoms with Crippen molar-refractivity contribution in [3.8, 4) is 0 Å². The molecule has 1 heterocycles. The molecule has 1 fully saturated rings. The van der Waals surface area contributed by atoms with Crippen molar-refractivity contribution in [1.82, 2.24) is 5.32 Å². The topological polar surface area (TPSA) is 12.0 Å². The highest BCUT2D eigenvalue weighted by Gasteiger charge is 2.30. The Kier molecular flexibility index (Phi) is 4.13. The van der Waals surface area contributed by atoms with Crippen molar-refractivity contribution >= 4 is 11.8 Å². The fourth-order valence-corrected chi connectivity index (χ4v) is 4.04. The maximum Gasteiger partial charge on any atom is 0.0159 e. The van der Waals surface area contributed by atoms with Crippen LogP contribution in [-0.4, -0.2) is 13.1 Å². The Labute approximate surface area is 125 Å². The van der Waals surface area contributed by atoms with Crippen molar-refractivity contribution in [2.24, 2.45) is 0 Å². The number of piperidine rings is 1. The maximum absolute atomic E-state index is 3.47. The predicted molar refractivity (Wildman–Crippen MR) is 86.5 cm³/mol. The van der Waals surface area contributed by atoms with Crippen LogP contribution >= 0.6 is 11.8 Å². The quantitative estimate of drug-likeness (QED) is 0.891. The van der Waals surface area contributed by atoms with Gasteiger partial charge in [0.1, 0.15) is 0 Å². The van der Waals surface area contributed by atoms with E-state index in [4.69, 9.17) is 0 Å². The van der Waals surface area contributed by atoms with Gasteiger partial charge in [-0.2, -0.15) is 0 Å². The number of nitrogens with one attached hydrogen (secondary N) is 1. The summed E-state index contributed by atoms with van der Waals surface area (Å²) in [7, 11) is 0. The minimum atomic E-state index is 0.309. The van der Waals surface area contributed by atoms with Crippen LogP contribution in [0.4, 0.5) is 0 Å². The molecule has 0 aliphatic carbocycles. The molecule has 2 aromatic carbocycles. The minimum Gasteiger partial charge on any atom is -0.317 e. The molecule has 0 radical (unpaired) electrons. The molecule has 104 valence electrons. The summed E-state index contributed by atoms with van der Waals surface area (Å²) < 4.78 is 0. The lowest BCUT2D eigenvalue weighted by molar-refractivity contribution is 0.331. The molecule has 2 heteroatoms. The number of hydrogen-bond acceptors (Lipinski definition) is 2. The van der Waals surface area contributed by atoms with Gasteiger partial charge in [0, 0.05) is 9.79 Å². The Morgan fingerprint density at radius 3 is 2.30 bits per heavy atom. The zero-order chi connectivity index (χ0) is 13.8. The molecule has 0 amide bonds. The monoisotopic (exact) mass is 283 g/mol. The first-order valence-corrected chi connectivity index (χ1v) is 8.13. The lowest BCUT2D eigenvalue weighted by Crippen LogP contribution is -2.37. The lowest BCUT2D eigenvalue weighted by Gasteiger charge is -2.36. The van der Waals surface area contributed by atoms with E-state index < -0.39 is 0 Å². The van der Waals surface area contributed by atoms with Gasteiger partial charge in [-0.05, 0) is 55.1 Å². The van der Waals surface area contributed by atoms with Crippen LogP contribution in [0.15, 0.2) is 64.4 Å². The zero-order valence-electron chi connectivity index (χ0n) is 11.9. The molecule has 3 rings (SSSR count). The van der Waals surface area contributed by atoms with Crippen molar-refractivity contribution in [2.75, 3.05) is 13.1 Å². The van der Waals surface area contributed by atoms with E-state index in [2.05, 4.69) is 66.8 Å². The summed E-state index contributed by atoms with van der Waals surface area (Å²) in [5, 5.41) is 3.47. The molecule has 1 saturated heterocycles. The Morgan fingerprint density at radius 2 is 1.55 bits per heavy atom. The lowest BCUT2D eigenvalue weighted by atomic mass is 9.75. The van der Waals surface area contributed by atoms with Crippen molar-refractivity contribution in [3.63, 3.8) is 0 Å². The number of benzene rings is 2. The van der Waals surface area contributed by atoms with E-state index in [9.17, 15) is 0 Å². The zero-order valence-corrected chi connectivity index (χ0v) is 12.7. The first kappa shape index (κ1) is 13.7. The third-order valence-corrected chi connectivity index (χ3v) is 5.30. The third-order valence-electron chi connectivity index (χ3n) is 4.22. The summed E-state index contributed by atoms with van der Waals surface area (Å²) in [5.74, 6) is 0. The summed E-state index contributed by atoms with van der Waals surface area (Å²) in [6, 6.07) is 19.6. The average molecular weight is 283 g/mol. The van der Waals surface area contributed by atoms with E-state index in [-0.39, 0.29) is 0 Å². The molecule has 1 N–H and O–H groups in total. The first-order valence-electron chi connectivity index (χ1n) is 7.31. The summed E-state index contributed by atoms with van der Waals surface area (Å²) in [5.41, 5.74) is 1.82. The normalized spacial score (nSPS) is 17.9. The van der Waals surface area contributed by atoms with Gasteiger partial charge in [0.05, 0.1) is 0 Å². The molecule has 0 unspecified atom stereocenters. The second kappa shape index (κ2) is 6.02. The van der Waals surface area contributed by atoms with E-state index in [1.54, 1.807) is 0 Å². The smallest absolute Gasteiger partial charge is 0.0159 e. The molecule has 1 aliphatic heterocycles. The van der Waals surface area contributed by atoms with Gasteiger partial charge in [-0.3, -0.25) is 0 Å². The molecule has 0 bridgehead atoms. The average Bonchev–Trinajstić information content (AvgIpc) is 2.49. The van der Waals surface area contributed by atoms with Gasteiger partial charge in [-0.1, -0.05) is 55.1 Å². The van der Waals surface area contributed by atoms with Gasteiger partial charge in [0.25, 0.3) is 0 Å². The number of hydrogen-bond donors (Lipinski definition) is 1. The van der Waals surface area contributed by atoms with Gasteiger partial charge in [0.15, 0.2) is 0 Å². The van der Waals surface area contributed by atoms with Crippen LogP contribution in [0.3, 0.4) is 0 Å². The minimum absolute atomic E-state index is 0.309. The molecule has 0 saturated carbocycles. The van der Waals surface area contributed by atoms with E-state index in [0.717, 1.165) is 13.1 Å². The third kappa shape index (κ3) is 2.92. The Morgan fingerprint density at radius 1 is 0.900 bits per heavy atom. The van der Waals surface area contributed by atoms with Gasteiger partial charge < -0.3 is 5.32 Å². The number of rotatable bonds is 3. The SMILES string of the molecule is CC1(c2ccccc2Sc2ccccc2)CCNCC1. The van der Waals surface area contributed by atoms with Crippen molar-refractivity contribution < 1.29 is 0 Å². The molecule has 20 heavy (non-hydrogen) atoms. The molecule has 0 aromatic heterocycles. The molecule has 1 nitrogen and oxygen atoms in total. The van der Waals surface area contributed by atoms with Gasteiger partial charge in [-0.25, -0.2) is 0 Å². The molecule has 0 atom stereocenters. The highest BCUT2D eigenvalue weighted by molar-refractivity contribution is 7.99. The molecular formula is C18H21NS. The summed E-state index contributed by atoms with van der Waals surface area (Å²) in [6.07, 6.45) is 2.44. The van der Waals surface area contributed by atoms with Crippen LogP contribution < -0.4 is 5.32 Å². The summed E-state index contributed by atoms with van der Waals surface area (Å²) in [4.78, 5) is 2.72. The van der Waals surface area contributed by atoms with Crippen LogP contribution in [0.2, 0.25) is 0 Å². The first-order chi connectivity index (χ1) is 9.78. The molecule has 0 spiro atoms. The van der Waals surface area contributed by atoms with Gasteiger partial charge in [0.2, 0.25) is 0 Å². The fourth-order valence-electron chi connectivity index (χ4n) is 2.92. The van der Waals surface area contributed by atoms with Crippen LogP contribution in [0.25, 0.3) is 0 Å². The molecule has 1 aliphatic rings. The Balaban J connectivity index is 1.92. The maximum atomic E-state index is 3.47. The van der Waals surface area contributed by atoms with Crippen LogP contribution in [0.1, 0.15) is 25.3 Å². The van der Waals surface area contributed by atoms with E-state index in [1.165, 1.54) is 28.2 Å². The highest BCUT2D eigenvalue weighted by Crippen LogP contribution is 2.40. The molecular weight excluding hydrogens is 262 g/mol. The van der Waals surface area contributed by atoms with E-state index >= 15 is 0 Å². The molecule has 2 aromatic rings. The van der Waals surface area contributed by atoms with Crippen molar-refractivity contribution in [2.45, 2.75) is 35.0 Å². The van der Waals surface area contributed by atoms with Crippen LogP contribution in [0, 0.1) is 0 Å². The predicted octanol–water partition coefficient (Wildman–Crippen LogP) is 4.48. The standard InChI is InChI=1S/C18H21NS/c1-18(11-13-19-14-12-18)16-9-5-6-10-17(16)20-15-7-3-2-4-8-15/h2-10,19H,11-14H2,1H3. The fraction of sp³-hybridized carbons (Fsp3) is 0.333. The van der Waals surface area contributed by atoms with Crippen molar-refractivity contribution in [3.05, 3.63) is 60.2 Å². The Hall–Kier alpha value is -1.25. The summed E-state index contributed by atoms with van der Waals surface area (Å²) >= 11 is 1.89. The second-order valence-electron chi connectivity index (χ2n) is 5.72. The van der Waals surface area contributed by atoms with E-state index in [1.807, 2.05) is 11.8 Å². The van der Waals surface area contributed by atoms with E-state index in [0.29, 0.717) is 5.41 Å². The van der Waals surface area contributed by atoms with Crippen molar-refractivity contribution in [1.29, 1.82) is 0 Å². The Bertz CT molecular complexity index is 559. The van der Waals surface area contributed by atoms with Crippen LogP contribution in [0.5, 0.6) is 0 Å². The van der Waals surface area contributed by atoms with Gasteiger partial charge >= 0.3 is 0 Å². The van der Waals surface area contributed by atoms with Gasteiger partial charge in [-0.15, -0.1) is 0 Å². The second-order valence-corrected chi connectivity index (χ2v) is 6.84. The largest absolute Gasteiger partial charge is 0.317 e. The highest BCUT2D eigenvalue weighted by atomic mass is 32.2. The summed E-state index contributed by atoms with van der Waals surface area (Å²) in [6.45, 7) is 4.67. The van der Waals surface area contributed by atoms with Crippen LogP contribution in [-0.2, 0) is 5.41 Å².